The minimum absolute atomic E-state index is 0.0112. The SMILES string of the molecule is Cn1ccc2c(-c3cccc(CN4CCC5(CC4)COC5)c3)c[nH]c2c1=O. The fraction of sp³-hybridized carbons (Fsp3) is 0.409. The van der Waals surface area contributed by atoms with Gasteiger partial charge in [-0.05, 0) is 49.2 Å². The normalized spacial score (nSPS) is 19.4. The van der Waals surface area contributed by atoms with Crippen LogP contribution in [-0.2, 0) is 18.3 Å². The second-order valence-corrected chi connectivity index (χ2v) is 8.19. The van der Waals surface area contributed by atoms with E-state index in [4.69, 9.17) is 4.74 Å². The van der Waals surface area contributed by atoms with E-state index in [1.54, 1.807) is 11.6 Å². The molecule has 1 N–H and O–H groups in total. The number of H-pyrrole nitrogens is 1. The molecule has 2 saturated heterocycles. The lowest BCUT2D eigenvalue weighted by Crippen LogP contribution is -2.50. The third-order valence-corrected chi connectivity index (χ3v) is 6.30. The second-order valence-electron chi connectivity index (χ2n) is 8.19. The summed E-state index contributed by atoms with van der Waals surface area (Å²) in [6, 6.07) is 10.7. The Morgan fingerprint density at radius 3 is 2.74 bits per heavy atom. The molecule has 0 aliphatic carbocycles. The number of aromatic amines is 1. The molecule has 5 heteroatoms. The van der Waals surface area contributed by atoms with E-state index in [2.05, 4.69) is 34.1 Å². The molecule has 0 bridgehead atoms. The first-order valence-electron chi connectivity index (χ1n) is 9.70. The third-order valence-electron chi connectivity index (χ3n) is 6.30. The van der Waals surface area contributed by atoms with Crippen molar-refractivity contribution >= 4 is 10.9 Å². The molecule has 2 fully saturated rings. The highest BCUT2D eigenvalue weighted by atomic mass is 16.5. The van der Waals surface area contributed by atoms with Crippen molar-refractivity contribution in [3.8, 4) is 11.1 Å². The average molecular weight is 363 g/mol. The van der Waals surface area contributed by atoms with Crippen molar-refractivity contribution < 1.29 is 4.74 Å². The summed E-state index contributed by atoms with van der Waals surface area (Å²) in [5.41, 5.74) is 4.74. The molecule has 2 aliphatic rings. The highest BCUT2D eigenvalue weighted by Crippen LogP contribution is 2.38. The number of aryl methyl sites for hydroxylation is 1. The van der Waals surface area contributed by atoms with Crippen LogP contribution in [0.4, 0.5) is 0 Å². The topological polar surface area (TPSA) is 50.3 Å². The number of benzene rings is 1. The van der Waals surface area contributed by atoms with Crippen LogP contribution in [0.1, 0.15) is 18.4 Å². The highest BCUT2D eigenvalue weighted by Gasteiger charge is 2.40. The maximum Gasteiger partial charge on any atom is 0.274 e. The molecule has 2 aromatic heterocycles. The van der Waals surface area contributed by atoms with Crippen LogP contribution < -0.4 is 5.56 Å². The van der Waals surface area contributed by atoms with Gasteiger partial charge in [0.1, 0.15) is 5.52 Å². The monoisotopic (exact) mass is 363 g/mol. The van der Waals surface area contributed by atoms with Gasteiger partial charge in [0.05, 0.1) is 13.2 Å². The number of nitrogens with zero attached hydrogens (tertiary/aromatic N) is 2. The smallest absolute Gasteiger partial charge is 0.274 e. The van der Waals surface area contributed by atoms with Gasteiger partial charge in [0.25, 0.3) is 5.56 Å². The zero-order valence-electron chi connectivity index (χ0n) is 15.7. The summed E-state index contributed by atoms with van der Waals surface area (Å²) in [5, 5.41) is 0.986. The van der Waals surface area contributed by atoms with Crippen LogP contribution >= 0.6 is 0 Å². The van der Waals surface area contributed by atoms with Crippen molar-refractivity contribution in [3.63, 3.8) is 0 Å². The lowest BCUT2D eigenvalue weighted by atomic mass is 9.77. The Balaban J connectivity index is 1.38. The van der Waals surface area contributed by atoms with Gasteiger partial charge in [0.15, 0.2) is 0 Å². The molecule has 5 nitrogen and oxygen atoms in total. The van der Waals surface area contributed by atoms with Crippen molar-refractivity contribution in [2.45, 2.75) is 19.4 Å². The van der Waals surface area contributed by atoms with Crippen LogP contribution in [0.25, 0.3) is 22.0 Å². The van der Waals surface area contributed by atoms with Gasteiger partial charge < -0.3 is 14.3 Å². The van der Waals surface area contributed by atoms with E-state index >= 15 is 0 Å². The van der Waals surface area contributed by atoms with E-state index in [0.29, 0.717) is 10.9 Å². The summed E-state index contributed by atoms with van der Waals surface area (Å²) >= 11 is 0. The second kappa shape index (κ2) is 6.36. The molecule has 0 atom stereocenters. The van der Waals surface area contributed by atoms with Gasteiger partial charge >= 0.3 is 0 Å². The van der Waals surface area contributed by atoms with Crippen LogP contribution in [0.15, 0.2) is 47.5 Å². The Morgan fingerprint density at radius 2 is 2.00 bits per heavy atom. The fourth-order valence-corrected chi connectivity index (χ4v) is 4.41. The lowest BCUT2D eigenvalue weighted by molar-refractivity contribution is -0.140. The first kappa shape index (κ1) is 16.8. The molecule has 0 amide bonds. The Hall–Kier alpha value is -2.37. The number of ether oxygens (including phenoxy) is 1. The van der Waals surface area contributed by atoms with E-state index in [1.165, 1.54) is 18.4 Å². The van der Waals surface area contributed by atoms with E-state index in [1.807, 2.05) is 18.5 Å². The first-order chi connectivity index (χ1) is 13.1. The van der Waals surface area contributed by atoms with Crippen molar-refractivity contribution in [3.05, 3.63) is 58.6 Å². The average Bonchev–Trinajstić information content (AvgIpc) is 3.09. The fourth-order valence-electron chi connectivity index (χ4n) is 4.41. The van der Waals surface area contributed by atoms with Crippen molar-refractivity contribution in [1.29, 1.82) is 0 Å². The Kier molecular flexibility index (Phi) is 3.95. The molecule has 0 saturated carbocycles. The summed E-state index contributed by atoms with van der Waals surface area (Å²) in [6.07, 6.45) is 6.28. The van der Waals surface area contributed by atoms with Gasteiger partial charge in [-0.2, -0.15) is 0 Å². The van der Waals surface area contributed by atoms with Crippen LogP contribution in [0.2, 0.25) is 0 Å². The van der Waals surface area contributed by atoms with Crippen LogP contribution in [-0.4, -0.2) is 40.8 Å². The molecule has 1 aromatic carbocycles. The Labute approximate surface area is 158 Å². The molecule has 3 aromatic rings. The lowest BCUT2D eigenvalue weighted by Gasteiger charge is -2.47. The highest BCUT2D eigenvalue weighted by molar-refractivity contribution is 5.95. The van der Waals surface area contributed by atoms with Gasteiger partial charge in [-0.25, -0.2) is 0 Å². The van der Waals surface area contributed by atoms with Crippen molar-refractivity contribution in [2.75, 3.05) is 26.3 Å². The molecule has 2 aliphatic heterocycles. The molecular weight excluding hydrogens is 338 g/mol. The number of piperidine rings is 1. The minimum atomic E-state index is 0.0112. The third kappa shape index (κ3) is 2.91. The maximum atomic E-state index is 12.3. The summed E-state index contributed by atoms with van der Waals surface area (Å²) in [7, 11) is 1.78. The minimum Gasteiger partial charge on any atom is -0.380 e. The maximum absolute atomic E-state index is 12.3. The summed E-state index contributed by atoms with van der Waals surface area (Å²) in [5.74, 6) is 0. The van der Waals surface area contributed by atoms with Gasteiger partial charge in [0, 0.05) is 42.4 Å². The van der Waals surface area contributed by atoms with E-state index in [-0.39, 0.29) is 5.56 Å². The van der Waals surface area contributed by atoms with Crippen LogP contribution in [0.5, 0.6) is 0 Å². The van der Waals surface area contributed by atoms with Gasteiger partial charge in [-0.3, -0.25) is 9.69 Å². The number of pyridine rings is 1. The quantitative estimate of drug-likeness (QED) is 0.778. The van der Waals surface area contributed by atoms with Crippen LogP contribution in [0.3, 0.4) is 0 Å². The Bertz CT molecular complexity index is 1040. The molecule has 5 rings (SSSR count). The molecular formula is C22H25N3O2. The summed E-state index contributed by atoms with van der Waals surface area (Å²) in [6.45, 7) is 5.19. The zero-order valence-corrected chi connectivity index (χ0v) is 15.7. The van der Waals surface area contributed by atoms with E-state index < -0.39 is 0 Å². The number of fused-ring (bicyclic) bond motifs is 1. The number of hydrogen-bond donors (Lipinski definition) is 1. The molecule has 0 unspecified atom stereocenters. The van der Waals surface area contributed by atoms with Crippen molar-refractivity contribution in [2.24, 2.45) is 12.5 Å². The first-order valence-corrected chi connectivity index (χ1v) is 9.70. The number of likely N-dealkylation sites (tertiary alicyclic amines) is 1. The molecule has 140 valence electrons. The predicted octanol–water partition coefficient (Wildman–Crippen LogP) is 3.15. The van der Waals surface area contributed by atoms with Gasteiger partial charge in [-0.15, -0.1) is 0 Å². The Morgan fingerprint density at radius 1 is 1.19 bits per heavy atom. The zero-order chi connectivity index (χ0) is 18.4. The van der Waals surface area contributed by atoms with Crippen LogP contribution in [0, 0.1) is 5.41 Å². The van der Waals surface area contributed by atoms with Gasteiger partial charge in [-0.1, -0.05) is 18.2 Å². The molecule has 4 heterocycles. The molecule has 0 radical (unpaired) electrons. The van der Waals surface area contributed by atoms with Crippen molar-refractivity contribution in [1.82, 2.24) is 14.5 Å². The van der Waals surface area contributed by atoms with E-state index in [9.17, 15) is 4.79 Å². The standard InChI is InChI=1S/C22H25N3O2/c1-24-8-5-18-19(12-23-20(18)21(24)26)17-4-2-3-16(11-17)13-25-9-6-22(7-10-25)14-27-15-22/h2-5,8,11-12,23H,6-7,9-10,13-15H2,1H3. The molecule has 27 heavy (non-hydrogen) atoms. The number of hydrogen-bond acceptors (Lipinski definition) is 3. The predicted molar refractivity (Wildman–Crippen MR) is 107 cm³/mol. The van der Waals surface area contributed by atoms with Gasteiger partial charge in [0.2, 0.25) is 0 Å². The number of rotatable bonds is 3. The summed E-state index contributed by atoms with van der Waals surface area (Å²) in [4.78, 5) is 18.0. The summed E-state index contributed by atoms with van der Waals surface area (Å²) < 4.78 is 7.04. The number of aromatic nitrogens is 2. The van der Waals surface area contributed by atoms with E-state index in [0.717, 1.165) is 49.4 Å². The molecule has 1 spiro atoms. The number of nitrogens with one attached hydrogen (secondary N) is 1. The largest absolute Gasteiger partial charge is 0.380 e.